The third-order valence-electron chi connectivity index (χ3n) is 5.45. The molecule has 0 spiro atoms. The summed E-state index contributed by atoms with van der Waals surface area (Å²) in [5, 5.41) is 5.33. The van der Waals surface area contributed by atoms with E-state index in [-0.39, 0.29) is 22.4 Å². The van der Waals surface area contributed by atoms with Gasteiger partial charge in [0.2, 0.25) is 0 Å². The van der Waals surface area contributed by atoms with Gasteiger partial charge in [0.1, 0.15) is 16.5 Å². The second-order valence-corrected chi connectivity index (χ2v) is 8.91. The third kappa shape index (κ3) is 5.68. The number of amides is 3. The van der Waals surface area contributed by atoms with E-state index in [0.29, 0.717) is 28.4 Å². The van der Waals surface area contributed by atoms with Gasteiger partial charge in [-0.1, -0.05) is 23.7 Å². The van der Waals surface area contributed by atoms with Gasteiger partial charge in [-0.3, -0.25) is 14.4 Å². The van der Waals surface area contributed by atoms with Crippen molar-refractivity contribution >= 4 is 52.4 Å². The second-order valence-electron chi connectivity index (χ2n) is 8.53. The van der Waals surface area contributed by atoms with Gasteiger partial charge in [-0.2, -0.15) is 0 Å². The number of rotatable bonds is 8. The van der Waals surface area contributed by atoms with Crippen LogP contribution in [0, 0.1) is 0 Å². The molecular weight excluding hydrogens is 510 g/mol. The first kappa shape index (κ1) is 26.4. The fourth-order valence-corrected chi connectivity index (χ4v) is 3.88. The Morgan fingerprint density at radius 1 is 0.868 bits per heavy atom. The maximum absolute atomic E-state index is 13.1. The number of benzene rings is 3. The largest absolute Gasteiger partial charge is 0.497 e. The molecule has 0 aromatic heterocycles. The summed E-state index contributed by atoms with van der Waals surface area (Å²) in [6.07, 6.45) is -0.273. The molecule has 3 aromatic carbocycles. The van der Waals surface area contributed by atoms with Gasteiger partial charge in [0.25, 0.3) is 17.7 Å². The minimum Gasteiger partial charge on any atom is -0.497 e. The Hall–Kier alpha value is -4.63. The number of nitrogens with one attached hydrogen (secondary N) is 2. The summed E-state index contributed by atoms with van der Waals surface area (Å²) in [5.74, 6) is -1.68. The Balaban J connectivity index is 1.49. The summed E-state index contributed by atoms with van der Waals surface area (Å²) in [5.41, 5.74) is 1.58. The van der Waals surface area contributed by atoms with Crippen LogP contribution in [0.4, 0.5) is 17.1 Å². The molecule has 0 saturated heterocycles. The molecule has 3 aromatic rings. The predicted octanol–water partition coefficient (Wildman–Crippen LogP) is 4.95. The van der Waals surface area contributed by atoms with Gasteiger partial charge >= 0.3 is 5.97 Å². The number of methoxy groups -OCH3 is 1. The lowest BCUT2D eigenvalue weighted by molar-refractivity contribution is -0.120. The number of esters is 1. The summed E-state index contributed by atoms with van der Waals surface area (Å²) < 4.78 is 10.3. The maximum atomic E-state index is 13.1. The van der Waals surface area contributed by atoms with E-state index in [1.807, 2.05) is 0 Å². The average molecular weight is 534 g/mol. The average Bonchev–Trinajstić information content (AvgIpc) is 3.11. The molecule has 0 unspecified atom stereocenters. The van der Waals surface area contributed by atoms with E-state index in [0.717, 1.165) is 4.90 Å². The molecule has 10 heteroatoms. The standard InChI is InChI=1S/C28H24ClN3O6/c1-16(2)38-28(36)18-7-5-9-20(15-18)31-25(33)17-6-4-8-19(14-17)30-24-23(29)26(34)32(27(24)35)21-10-12-22(37-3)13-11-21/h4-16,30H,1-3H3,(H,31,33). The summed E-state index contributed by atoms with van der Waals surface area (Å²) in [6, 6.07) is 19.1. The molecule has 4 rings (SSSR count). The molecule has 0 radical (unpaired) electrons. The Kier molecular flexibility index (Phi) is 7.78. The number of anilines is 3. The lowest BCUT2D eigenvalue weighted by Gasteiger charge is -2.15. The van der Waals surface area contributed by atoms with Gasteiger partial charge in [0.05, 0.1) is 24.5 Å². The van der Waals surface area contributed by atoms with Crippen molar-refractivity contribution in [2.45, 2.75) is 20.0 Å². The van der Waals surface area contributed by atoms with Crippen LogP contribution in [-0.2, 0) is 14.3 Å². The summed E-state index contributed by atoms with van der Waals surface area (Å²) >= 11 is 6.22. The quantitative estimate of drug-likeness (QED) is 0.311. The topological polar surface area (TPSA) is 114 Å². The van der Waals surface area contributed by atoms with Crippen LogP contribution in [0.5, 0.6) is 5.75 Å². The van der Waals surface area contributed by atoms with Crippen molar-refractivity contribution < 1.29 is 28.7 Å². The van der Waals surface area contributed by atoms with E-state index < -0.39 is 23.7 Å². The van der Waals surface area contributed by atoms with Crippen molar-refractivity contribution in [1.82, 2.24) is 0 Å². The molecule has 194 valence electrons. The molecule has 0 atom stereocenters. The molecular formula is C28H24ClN3O6. The summed E-state index contributed by atoms with van der Waals surface area (Å²) in [6.45, 7) is 3.50. The van der Waals surface area contributed by atoms with E-state index in [1.54, 1.807) is 74.5 Å². The molecule has 0 saturated carbocycles. The number of ether oxygens (including phenoxy) is 2. The minimum atomic E-state index is -0.672. The van der Waals surface area contributed by atoms with Crippen LogP contribution in [0.15, 0.2) is 83.5 Å². The zero-order chi connectivity index (χ0) is 27.4. The molecule has 3 amide bonds. The van der Waals surface area contributed by atoms with Crippen molar-refractivity contribution in [2.24, 2.45) is 0 Å². The van der Waals surface area contributed by atoms with Crippen LogP contribution >= 0.6 is 11.6 Å². The van der Waals surface area contributed by atoms with Gasteiger partial charge in [0, 0.05) is 16.9 Å². The first-order valence-corrected chi connectivity index (χ1v) is 12.0. The monoisotopic (exact) mass is 533 g/mol. The summed E-state index contributed by atoms with van der Waals surface area (Å²) in [4.78, 5) is 51.8. The molecule has 0 aliphatic carbocycles. The number of imide groups is 1. The van der Waals surface area contributed by atoms with E-state index in [2.05, 4.69) is 10.6 Å². The fourth-order valence-electron chi connectivity index (χ4n) is 3.67. The zero-order valence-electron chi connectivity index (χ0n) is 20.8. The Labute approximate surface area is 224 Å². The van der Waals surface area contributed by atoms with E-state index in [9.17, 15) is 19.2 Å². The highest BCUT2D eigenvalue weighted by Gasteiger charge is 2.39. The first-order valence-electron chi connectivity index (χ1n) is 11.6. The van der Waals surface area contributed by atoms with Crippen molar-refractivity contribution in [3.05, 3.63) is 94.7 Å². The van der Waals surface area contributed by atoms with E-state index >= 15 is 0 Å². The van der Waals surface area contributed by atoms with Crippen LogP contribution in [0.1, 0.15) is 34.6 Å². The van der Waals surface area contributed by atoms with Crippen LogP contribution < -0.4 is 20.3 Å². The lowest BCUT2D eigenvalue weighted by Crippen LogP contribution is -2.32. The summed E-state index contributed by atoms with van der Waals surface area (Å²) in [7, 11) is 1.51. The van der Waals surface area contributed by atoms with Crippen molar-refractivity contribution in [3.63, 3.8) is 0 Å². The van der Waals surface area contributed by atoms with E-state index in [1.165, 1.54) is 19.2 Å². The Morgan fingerprint density at radius 3 is 2.16 bits per heavy atom. The van der Waals surface area contributed by atoms with Gasteiger partial charge in [0.15, 0.2) is 0 Å². The minimum absolute atomic E-state index is 0.110. The second kappa shape index (κ2) is 11.2. The SMILES string of the molecule is COc1ccc(N2C(=O)C(Cl)=C(Nc3cccc(C(=O)Nc4cccc(C(=O)OC(C)C)c4)c3)C2=O)cc1. The van der Waals surface area contributed by atoms with Crippen molar-refractivity contribution in [2.75, 3.05) is 22.6 Å². The van der Waals surface area contributed by atoms with Crippen LogP contribution in [0.2, 0.25) is 0 Å². The Bertz CT molecular complexity index is 1450. The number of carbonyl (C=O) groups is 4. The van der Waals surface area contributed by atoms with Gasteiger partial charge in [-0.15, -0.1) is 0 Å². The number of nitrogens with zero attached hydrogens (tertiary/aromatic N) is 1. The molecule has 1 aliphatic rings. The smallest absolute Gasteiger partial charge is 0.338 e. The highest BCUT2D eigenvalue weighted by Crippen LogP contribution is 2.31. The fraction of sp³-hybridized carbons (Fsp3) is 0.143. The number of hydrogen-bond donors (Lipinski definition) is 2. The zero-order valence-corrected chi connectivity index (χ0v) is 21.5. The molecule has 9 nitrogen and oxygen atoms in total. The van der Waals surface area contributed by atoms with Gasteiger partial charge < -0.3 is 20.1 Å². The first-order chi connectivity index (χ1) is 18.2. The third-order valence-corrected chi connectivity index (χ3v) is 5.80. The van der Waals surface area contributed by atoms with Crippen LogP contribution in [-0.4, -0.2) is 36.9 Å². The maximum Gasteiger partial charge on any atom is 0.338 e. The van der Waals surface area contributed by atoms with Crippen molar-refractivity contribution in [3.8, 4) is 5.75 Å². The highest BCUT2D eigenvalue weighted by atomic mass is 35.5. The van der Waals surface area contributed by atoms with Crippen LogP contribution in [0.3, 0.4) is 0 Å². The number of hydrogen-bond acceptors (Lipinski definition) is 7. The molecule has 1 heterocycles. The molecule has 1 aliphatic heterocycles. The number of halogens is 1. The van der Waals surface area contributed by atoms with Gasteiger partial charge in [-0.25, -0.2) is 9.69 Å². The molecule has 38 heavy (non-hydrogen) atoms. The van der Waals surface area contributed by atoms with Crippen LogP contribution in [0.25, 0.3) is 0 Å². The highest BCUT2D eigenvalue weighted by molar-refractivity contribution is 6.53. The molecule has 2 N–H and O–H groups in total. The van der Waals surface area contributed by atoms with Crippen molar-refractivity contribution in [1.29, 1.82) is 0 Å². The predicted molar refractivity (Wildman–Crippen MR) is 143 cm³/mol. The Morgan fingerprint density at radius 2 is 1.50 bits per heavy atom. The number of carbonyl (C=O) groups excluding carboxylic acids is 4. The lowest BCUT2D eigenvalue weighted by atomic mass is 10.1. The normalized spacial score (nSPS) is 13.1. The van der Waals surface area contributed by atoms with E-state index in [4.69, 9.17) is 21.1 Å². The molecule has 0 bridgehead atoms. The molecule has 0 fully saturated rings. The van der Waals surface area contributed by atoms with Gasteiger partial charge in [-0.05, 0) is 74.5 Å².